The van der Waals surface area contributed by atoms with E-state index >= 15 is 0 Å². The van der Waals surface area contributed by atoms with E-state index in [2.05, 4.69) is 15.5 Å². The van der Waals surface area contributed by atoms with Crippen LogP contribution < -0.4 is 10.5 Å². The molecule has 90 valence electrons. The van der Waals surface area contributed by atoms with Gasteiger partial charge in [0.25, 0.3) is 0 Å². The number of methoxy groups -OCH3 is 1. The number of rotatable bonds is 4. The van der Waals surface area contributed by atoms with Crippen LogP contribution in [0.1, 0.15) is 5.56 Å². The lowest BCUT2D eigenvalue weighted by Crippen LogP contribution is -1.96. The maximum absolute atomic E-state index is 5.69. The Morgan fingerprint density at radius 2 is 2.29 bits per heavy atom. The maximum atomic E-state index is 5.69. The number of thioether (sulfide) groups is 1. The largest absolute Gasteiger partial charge is 0.496 e. The van der Waals surface area contributed by atoms with Gasteiger partial charge in [0.05, 0.1) is 7.11 Å². The highest BCUT2D eigenvalue weighted by Crippen LogP contribution is 2.27. The Morgan fingerprint density at radius 3 is 2.94 bits per heavy atom. The zero-order valence-electron chi connectivity index (χ0n) is 9.62. The van der Waals surface area contributed by atoms with Crippen LogP contribution >= 0.6 is 11.8 Å². The number of aryl methyl sites for hydroxylation is 1. The Hall–Kier alpha value is -1.76. The number of benzene rings is 1. The summed E-state index contributed by atoms with van der Waals surface area (Å²) in [7, 11) is 3.44. The molecule has 0 spiro atoms. The minimum atomic E-state index is 0.691. The van der Waals surface area contributed by atoms with Crippen molar-refractivity contribution in [3.63, 3.8) is 0 Å². The van der Waals surface area contributed by atoms with Crippen molar-refractivity contribution >= 4 is 17.4 Å². The molecule has 0 bridgehead atoms. The van der Waals surface area contributed by atoms with Crippen LogP contribution in [-0.4, -0.2) is 27.3 Å². The van der Waals surface area contributed by atoms with Gasteiger partial charge >= 0.3 is 0 Å². The molecular formula is C10H13N5OS. The highest BCUT2D eigenvalue weighted by Gasteiger charge is 2.07. The normalized spacial score (nSPS) is 10.5. The Bertz CT molecular complexity index is 513. The minimum absolute atomic E-state index is 0.691. The number of tetrazole rings is 1. The van der Waals surface area contributed by atoms with E-state index in [1.165, 1.54) is 0 Å². The summed E-state index contributed by atoms with van der Waals surface area (Å²) >= 11 is 1.55. The molecule has 0 aliphatic rings. The van der Waals surface area contributed by atoms with E-state index in [-0.39, 0.29) is 0 Å². The Labute approximate surface area is 103 Å². The molecule has 0 saturated heterocycles. The second-order valence-electron chi connectivity index (χ2n) is 3.45. The van der Waals surface area contributed by atoms with Crippen LogP contribution in [-0.2, 0) is 12.8 Å². The van der Waals surface area contributed by atoms with Crippen molar-refractivity contribution in [3.8, 4) is 5.75 Å². The second-order valence-corrected chi connectivity index (χ2v) is 4.39. The van der Waals surface area contributed by atoms with Gasteiger partial charge in [0.15, 0.2) is 0 Å². The highest BCUT2D eigenvalue weighted by molar-refractivity contribution is 7.98. The Morgan fingerprint density at radius 1 is 1.47 bits per heavy atom. The molecule has 2 rings (SSSR count). The SMILES string of the molecule is COc1cc(N)ccc1CSc1nnnn1C. The summed E-state index contributed by atoms with van der Waals surface area (Å²) in [5.41, 5.74) is 7.45. The summed E-state index contributed by atoms with van der Waals surface area (Å²) in [6.45, 7) is 0. The molecule has 1 heterocycles. The number of ether oxygens (including phenoxy) is 1. The molecule has 0 radical (unpaired) electrons. The number of nitrogens with two attached hydrogens (primary N) is 1. The van der Waals surface area contributed by atoms with Gasteiger partial charge in [-0.1, -0.05) is 17.8 Å². The number of anilines is 1. The molecular weight excluding hydrogens is 238 g/mol. The van der Waals surface area contributed by atoms with Gasteiger partial charge in [-0.15, -0.1) is 5.10 Å². The molecule has 1 aromatic heterocycles. The quantitative estimate of drug-likeness (QED) is 0.647. The number of aromatic nitrogens is 4. The van der Waals surface area contributed by atoms with Crippen LogP contribution in [0.5, 0.6) is 5.75 Å². The molecule has 0 atom stereocenters. The first-order valence-corrected chi connectivity index (χ1v) is 5.97. The fourth-order valence-corrected chi connectivity index (χ4v) is 2.21. The predicted octanol–water partition coefficient (Wildman–Crippen LogP) is 1.09. The molecule has 6 nitrogen and oxygen atoms in total. The fourth-order valence-electron chi connectivity index (χ4n) is 1.37. The van der Waals surface area contributed by atoms with E-state index < -0.39 is 0 Å². The van der Waals surface area contributed by atoms with Crippen LogP contribution in [0.4, 0.5) is 5.69 Å². The summed E-state index contributed by atoms with van der Waals surface area (Å²) in [5.74, 6) is 1.52. The predicted molar refractivity (Wildman–Crippen MR) is 65.8 cm³/mol. The average Bonchev–Trinajstić information content (AvgIpc) is 2.73. The van der Waals surface area contributed by atoms with Crippen molar-refractivity contribution in [2.24, 2.45) is 7.05 Å². The molecule has 0 saturated carbocycles. The third kappa shape index (κ3) is 2.68. The van der Waals surface area contributed by atoms with Gasteiger partial charge in [-0.2, -0.15) is 0 Å². The number of nitrogen functional groups attached to an aromatic ring is 1. The maximum Gasteiger partial charge on any atom is 0.209 e. The lowest BCUT2D eigenvalue weighted by atomic mass is 10.2. The van der Waals surface area contributed by atoms with Gasteiger partial charge < -0.3 is 10.5 Å². The first-order valence-electron chi connectivity index (χ1n) is 4.98. The standard InChI is InChI=1S/C10H13N5OS/c1-15-10(12-13-14-15)17-6-7-3-4-8(11)5-9(7)16-2/h3-5H,6,11H2,1-2H3. The average molecular weight is 251 g/mol. The van der Waals surface area contributed by atoms with Crippen LogP contribution in [0.2, 0.25) is 0 Å². The molecule has 0 amide bonds. The van der Waals surface area contributed by atoms with Crippen molar-refractivity contribution in [1.29, 1.82) is 0 Å². The molecule has 2 N–H and O–H groups in total. The first kappa shape index (κ1) is 11.7. The van der Waals surface area contributed by atoms with Crippen LogP contribution in [0.15, 0.2) is 23.4 Å². The van der Waals surface area contributed by atoms with Crippen molar-refractivity contribution in [2.75, 3.05) is 12.8 Å². The number of hydrogen-bond donors (Lipinski definition) is 1. The van der Waals surface area contributed by atoms with Gasteiger partial charge in [-0.25, -0.2) is 4.68 Å². The smallest absolute Gasteiger partial charge is 0.209 e. The molecule has 0 fully saturated rings. The summed E-state index contributed by atoms with van der Waals surface area (Å²) in [6, 6.07) is 5.61. The van der Waals surface area contributed by atoms with E-state index in [4.69, 9.17) is 10.5 Å². The van der Waals surface area contributed by atoms with Crippen LogP contribution in [0.25, 0.3) is 0 Å². The molecule has 17 heavy (non-hydrogen) atoms. The third-order valence-electron chi connectivity index (χ3n) is 2.25. The lowest BCUT2D eigenvalue weighted by molar-refractivity contribution is 0.411. The molecule has 2 aromatic rings. The Kier molecular flexibility index (Phi) is 3.48. The van der Waals surface area contributed by atoms with E-state index in [1.807, 2.05) is 25.2 Å². The van der Waals surface area contributed by atoms with Gasteiger partial charge in [0.2, 0.25) is 5.16 Å². The van der Waals surface area contributed by atoms with Crippen molar-refractivity contribution in [1.82, 2.24) is 20.2 Å². The van der Waals surface area contributed by atoms with Gasteiger partial charge in [0, 0.05) is 30.1 Å². The van der Waals surface area contributed by atoms with Gasteiger partial charge in [-0.3, -0.25) is 0 Å². The Balaban J connectivity index is 2.11. The van der Waals surface area contributed by atoms with E-state index in [1.54, 1.807) is 23.6 Å². The van der Waals surface area contributed by atoms with Crippen LogP contribution in [0.3, 0.4) is 0 Å². The van der Waals surface area contributed by atoms with Crippen molar-refractivity contribution < 1.29 is 4.74 Å². The molecule has 1 aromatic carbocycles. The topological polar surface area (TPSA) is 78.8 Å². The zero-order chi connectivity index (χ0) is 12.3. The molecule has 7 heteroatoms. The number of hydrogen-bond acceptors (Lipinski definition) is 6. The second kappa shape index (κ2) is 5.05. The van der Waals surface area contributed by atoms with Crippen molar-refractivity contribution in [2.45, 2.75) is 10.9 Å². The highest BCUT2D eigenvalue weighted by atomic mass is 32.2. The minimum Gasteiger partial charge on any atom is -0.496 e. The van der Waals surface area contributed by atoms with Gasteiger partial charge in [0.1, 0.15) is 5.75 Å². The molecule has 0 unspecified atom stereocenters. The van der Waals surface area contributed by atoms with Crippen LogP contribution in [0, 0.1) is 0 Å². The van der Waals surface area contributed by atoms with E-state index in [9.17, 15) is 0 Å². The first-order chi connectivity index (χ1) is 8.20. The third-order valence-corrected chi connectivity index (χ3v) is 3.31. The monoisotopic (exact) mass is 251 g/mol. The summed E-state index contributed by atoms with van der Waals surface area (Å²) in [5, 5.41) is 12.0. The lowest BCUT2D eigenvalue weighted by Gasteiger charge is -2.08. The van der Waals surface area contributed by atoms with E-state index in [0.29, 0.717) is 5.69 Å². The van der Waals surface area contributed by atoms with E-state index in [0.717, 1.165) is 22.2 Å². The fraction of sp³-hybridized carbons (Fsp3) is 0.300. The number of nitrogens with zero attached hydrogens (tertiary/aromatic N) is 4. The molecule has 0 aliphatic carbocycles. The molecule has 0 aliphatic heterocycles. The zero-order valence-corrected chi connectivity index (χ0v) is 10.4. The summed E-state index contributed by atoms with van der Waals surface area (Å²) in [6.07, 6.45) is 0. The summed E-state index contributed by atoms with van der Waals surface area (Å²) in [4.78, 5) is 0. The van der Waals surface area contributed by atoms with Gasteiger partial charge in [-0.05, 0) is 16.5 Å². The van der Waals surface area contributed by atoms with Crippen molar-refractivity contribution in [3.05, 3.63) is 23.8 Å². The summed E-state index contributed by atoms with van der Waals surface area (Å²) < 4.78 is 6.91.